The van der Waals surface area contributed by atoms with E-state index in [9.17, 15) is 4.79 Å². The van der Waals surface area contributed by atoms with Crippen molar-refractivity contribution in [2.45, 2.75) is 19.8 Å². The van der Waals surface area contributed by atoms with Crippen LogP contribution >= 0.6 is 0 Å². The van der Waals surface area contributed by atoms with Gasteiger partial charge in [0.15, 0.2) is 5.82 Å². The molecule has 0 unspecified atom stereocenters. The summed E-state index contributed by atoms with van der Waals surface area (Å²) in [6, 6.07) is 3.14. The number of aromatic amines is 1. The fourth-order valence-electron chi connectivity index (χ4n) is 1.59. The van der Waals surface area contributed by atoms with Gasteiger partial charge in [0.25, 0.3) is 5.56 Å². The van der Waals surface area contributed by atoms with Crippen LogP contribution in [0, 0.1) is 0 Å². The van der Waals surface area contributed by atoms with Crippen molar-refractivity contribution in [1.82, 2.24) is 19.9 Å². The second-order valence-electron chi connectivity index (χ2n) is 3.78. The highest BCUT2D eigenvalue weighted by Gasteiger charge is 2.06. The fourth-order valence-corrected chi connectivity index (χ4v) is 1.59. The van der Waals surface area contributed by atoms with Crippen molar-refractivity contribution in [3.8, 4) is 17.4 Å². The van der Waals surface area contributed by atoms with Crippen molar-refractivity contribution in [1.29, 1.82) is 0 Å². The predicted octanol–water partition coefficient (Wildman–Crippen LogP) is 1.19. The van der Waals surface area contributed by atoms with Gasteiger partial charge in [-0.3, -0.25) is 4.79 Å². The molecule has 0 aliphatic carbocycles. The highest BCUT2D eigenvalue weighted by atomic mass is 16.5. The molecule has 18 heavy (non-hydrogen) atoms. The number of methoxy groups -OCH3 is 1. The fraction of sp³-hybridized carbons (Fsp3) is 0.333. The van der Waals surface area contributed by atoms with E-state index in [2.05, 4.69) is 19.9 Å². The molecule has 0 saturated carbocycles. The maximum Gasteiger partial charge on any atom is 0.251 e. The summed E-state index contributed by atoms with van der Waals surface area (Å²) in [7, 11) is 1.52. The molecule has 0 spiro atoms. The van der Waals surface area contributed by atoms with Crippen molar-refractivity contribution in [2.24, 2.45) is 0 Å². The Hall–Kier alpha value is -2.24. The summed E-state index contributed by atoms with van der Waals surface area (Å²) in [6.07, 6.45) is 3.07. The van der Waals surface area contributed by atoms with E-state index in [0.29, 0.717) is 17.4 Å². The molecule has 2 aromatic heterocycles. The average molecular weight is 246 g/mol. The second-order valence-corrected chi connectivity index (χ2v) is 3.78. The number of aryl methyl sites for hydroxylation is 1. The molecule has 2 aromatic rings. The molecule has 0 amide bonds. The summed E-state index contributed by atoms with van der Waals surface area (Å²) in [5.74, 6) is 0.871. The summed E-state index contributed by atoms with van der Waals surface area (Å²) in [4.78, 5) is 26.6. The van der Waals surface area contributed by atoms with Gasteiger partial charge in [0, 0.05) is 17.8 Å². The van der Waals surface area contributed by atoms with E-state index in [1.807, 2.05) is 6.92 Å². The van der Waals surface area contributed by atoms with E-state index < -0.39 is 0 Å². The topological polar surface area (TPSA) is 80.8 Å². The van der Waals surface area contributed by atoms with Crippen LogP contribution in [-0.4, -0.2) is 27.0 Å². The number of hydrogen-bond donors (Lipinski definition) is 1. The molecule has 0 aliphatic heterocycles. The van der Waals surface area contributed by atoms with Crippen molar-refractivity contribution >= 4 is 0 Å². The van der Waals surface area contributed by atoms with E-state index in [4.69, 9.17) is 4.74 Å². The molecule has 0 aromatic carbocycles. The maximum atomic E-state index is 11.5. The third-order valence-electron chi connectivity index (χ3n) is 2.39. The molecule has 1 N–H and O–H groups in total. The number of aromatic nitrogens is 4. The molecule has 6 heteroatoms. The number of nitrogens with zero attached hydrogens (tertiary/aromatic N) is 3. The van der Waals surface area contributed by atoms with Crippen molar-refractivity contribution in [2.75, 3.05) is 7.11 Å². The van der Waals surface area contributed by atoms with Crippen molar-refractivity contribution in [3.05, 3.63) is 34.5 Å². The third-order valence-corrected chi connectivity index (χ3v) is 2.39. The number of rotatable bonds is 4. The minimum atomic E-state index is -0.180. The van der Waals surface area contributed by atoms with Crippen LogP contribution in [0.1, 0.15) is 19.0 Å². The van der Waals surface area contributed by atoms with Crippen LogP contribution in [0.3, 0.4) is 0 Å². The van der Waals surface area contributed by atoms with Gasteiger partial charge in [-0.15, -0.1) is 0 Å². The molecule has 0 fully saturated rings. The van der Waals surface area contributed by atoms with Crippen molar-refractivity contribution in [3.63, 3.8) is 0 Å². The van der Waals surface area contributed by atoms with Gasteiger partial charge >= 0.3 is 0 Å². The van der Waals surface area contributed by atoms with Crippen LogP contribution in [0.25, 0.3) is 11.5 Å². The van der Waals surface area contributed by atoms with E-state index in [1.54, 1.807) is 6.07 Å². The van der Waals surface area contributed by atoms with Gasteiger partial charge in [0.2, 0.25) is 5.88 Å². The largest absolute Gasteiger partial charge is 0.481 e. The first kappa shape index (κ1) is 12.2. The van der Waals surface area contributed by atoms with Crippen LogP contribution < -0.4 is 10.3 Å². The molecule has 2 rings (SSSR count). The van der Waals surface area contributed by atoms with Crippen LogP contribution in [-0.2, 0) is 6.42 Å². The van der Waals surface area contributed by atoms with E-state index in [1.165, 1.54) is 19.5 Å². The Morgan fingerprint density at radius 2 is 2.17 bits per heavy atom. The van der Waals surface area contributed by atoms with Gasteiger partial charge in [-0.2, -0.15) is 0 Å². The highest BCUT2D eigenvalue weighted by Crippen LogP contribution is 2.14. The quantitative estimate of drug-likeness (QED) is 0.876. The zero-order valence-corrected chi connectivity index (χ0v) is 10.3. The lowest BCUT2D eigenvalue weighted by Crippen LogP contribution is -2.11. The van der Waals surface area contributed by atoms with Gasteiger partial charge in [-0.25, -0.2) is 15.0 Å². The SMILES string of the molecule is CCCc1cc(=O)[nH]c(-c2cc(OC)ncn2)n1. The molecule has 0 radical (unpaired) electrons. The lowest BCUT2D eigenvalue weighted by Gasteiger charge is -2.04. The Balaban J connectivity index is 2.45. The van der Waals surface area contributed by atoms with Gasteiger partial charge in [-0.05, 0) is 6.42 Å². The normalized spacial score (nSPS) is 10.3. The summed E-state index contributed by atoms with van der Waals surface area (Å²) in [5.41, 5.74) is 1.12. The zero-order valence-electron chi connectivity index (χ0n) is 10.3. The Kier molecular flexibility index (Phi) is 3.66. The summed E-state index contributed by atoms with van der Waals surface area (Å²) < 4.78 is 5.01. The van der Waals surface area contributed by atoms with Crippen LogP contribution in [0.4, 0.5) is 0 Å². The molecule has 0 bridgehead atoms. The first-order valence-corrected chi connectivity index (χ1v) is 5.69. The van der Waals surface area contributed by atoms with Crippen molar-refractivity contribution < 1.29 is 4.74 Å². The summed E-state index contributed by atoms with van der Waals surface area (Å²) in [5, 5.41) is 0. The highest BCUT2D eigenvalue weighted by molar-refractivity contribution is 5.49. The predicted molar refractivity (Wildman–Crippen MR) is 66.4 cm³/mol. The third kappa shape index (κ3) is 2.71. The number of H-pyrrole nitrogens is 1. The number of nitrogens with one attached hydrogen (secondary N) is 1. The Bertz CT molecular complexity index is 595. The lowest BCUT2D eigenvalue weighted by atomic mass is 10.2. The average Bonchev–Trinajstić information content (AvgIpc) is 2.38. The molecule has 94 valence electrons. The Labute approximate surface area is 104 Å². The van der Waals surface area contributed by atoms with Gasteiger partial charge in [0.1, 0.15) is 12.0 Å². The first-order valence-electron chi connectivity index (χ1n) is 5.69. The molecule has 2 heterocycles. The number of hydrogen-bond acceptors (Lipinski definition) is 5. The molecule has 0 saturated heterocycles. The summed E-state index contributed by atoms with van der Waals surface area (Å²) >= 11 is 0. The zero-order chi connectivity index (χ0) is 13.0. The Morgan fingerprint density at radius 1 is 1.33 bits per heavy atom. The summed E-state index contributed by atoms with van der Waals surface area (Å²) in [6.45, 7) is 2.04. The van der Waals surface area contributed by atoms with Crippen LogP contribution in [0.5, 0.6) is 5.88 Å². The van der Waals surface area contributed by atoms with Crippen LogP contribution in [0.2, 0.25) is 0 Å². The molecule has 0 atom stereocenters. The number of ether oxygens (including phenoxy) is 1. The van der Waals surface area contributed by atoms with E-state index >= 15 is 0 Å². The van der Waals surface area contributed by atoms with Crippen LogP contribution in [0.15, 0.2) is 23.3 Å². The first-order chi connectivity index (χ1) is 8.72. The van der Waals surface area contributed by atoms with E-state index in [-0.39, 0.29) is 5.56 Å². The maximum absolute atomic E-state index is 11.5. The van der Waals surface area contributed by atoms with Gasteiger partial charge in [-0.1, -0.05) is 13.3 Å². The Morgan fingerprint density at radius 3 is 2.89 bits per heavy atom. The molecule has 6 nitrogen and oxygen atoms in total. The van der Waals surface area contributed by atoms with Gasteiger partial charge < -0.3 is 9.72 Å². The molecule has 0 aliphatic rings. The molecular weight excluding hydrogens is 232 g/mol. The second kappa shape index (κ2) is 5.39. The van der Waals surface area contributed by atoms with E-state index in [0.717, 1.165) is 18.5 Å². The minimum Gasteiger partial charge on any atom is -0.481 e. The monoisotopic (exact) mass is 246 g/mol. The molecular formula is C12H14N4O2. The van der Waals surface area contributed by atoms with Gasteiger partial charge in [0.05, 0.1) is 7.11 Å². The minimum absolute atomic E-state index is 0.180. The standard InChI is InChI=1S/C12H14N4O2/c1-3-4-8-5-10(17)16-12(15-8)9-6-11(18-2)14-7-13-9/h5-7H,3-4H2,1-2H3,(H,15,16,17). The lowest BCUT2D eigenvalue weighted by molar-refractivity contribution is 0.397. The smallest absolute Gasteiger partial charge is 0.251 e.